The van der Waals surface area contributed by atoms with E-state index < -0.39 is 0 Å². The quantitative estimate of drug-likeness (QED) is 0.732. The number of aryl methyl sites for hydroxylation is 2. The first kappa shape index (κ1) is 19.4. The van der Waals surface area contributed by atoms with Gasteiger partial charge in [0.15, 0.2) is 5.89 Å². The van der Waals surface area contributed by atoms with E-state index >= 15 is 0 Å². The Kier molecular flexibility index (Phi) is 5.46. The maximum absolute atomic E-state index is 12.9. The van der Waals surface area contributed by atoms with Crippen molar-refractivity contribution in [2.24, 2.45) is 0 Å². The molecule has 1 saturated carbocycles. The first-order chi connectivity index (χ1) is 14.0. The predicted octanol–water partition coefficient (Wildman–Crippen LogP) is 1.86. The van der Waals surface area contributed by atoms with Gasteiger partial charge in [-0.3, -0.25) is 9.59 Å². The van der Waals surface area contributed by atoms with E-state index in [9.17, 15) is 9.59 Å². The zero-order valence-corrected chi connectivity index (χ0v) is 16.8. The molecule has 2 fully saturated rings. The van der Waals surface area contributed by atoms with Crippen LogP contribution >= 0.6 is 0 Å². The number of nitrogens with one attached hydrogen (secondary N) is 2. The Labute approximate surface area is 169 Å². The average Bonchev–Trinajstić information content (AvgIpc) is 3.20. The lowest BCUT2D eigenvalue weighted by atomic mass is 10.1. The van der Waals surface area contributed by atoms with Crippen molar-refractivity contribution in [1.29, 1.82) is 0 Å². The number of hydrogen-bond acceptors (Lipinski definition) is 7. The van der Waals surface area contributed by atoms with Gasteiger partial charge >= 0.3 is 0 Å². The van der Waals surface area contributed by atoms with Crippen LogP contribution in [0.3, 0.4) is 0 Å². The highest BCUT2D eigenvalue weighted by Crippen LogP contribution is 2.24. The number of nitrogens with zero attached hydrogens (tertiary/aromatic N) is 4. The molecular formula is C20H26N6O3. The molecule has 2 N–H and O–H groups in total. The molecule has 1 aliphatic heterocycles. The molecule has 0 bridgehead atoms. The molecule has 0 radical (unpaired) electrons. The number of aromatic nitrogens is 3. The van der Waals surface area contributed by atoms with Crippen molar-refractivity contribution >= 4 is 17.8 Å². The molecule has 0 atom stereocenters. The van der Waals surface area contributed by atoms with Crippen molar-refractivity contribution in [2.75, 3.05) is 25.0 Å². The Morgan fingerprint density at radius 3 is 2.62 bits per heavy atom. The highest BCUT2D eigenvalue weighted by Gasteiger charge is 2.26. The number of hydrogen-bond donors (Lipinski definition) is 2. The van der Waals surface area contributed by atoms with Gasteiger partial charge in [-0.2, -0.15) is 0 Å². The van der Waals surface area contributed by atoms with Crippen LogP contribution in [0.4, 0.5) is 5.95 Å². The van der Waals surface area contributed by atoms with Gasteiger partial charge in [-0.1, -0.05) is 0 Å². The van der Waals surface area contributed by atoms with E-state index in [2.05, 4.69) is 25.6 Å². The number of carbonyl (C=O) groups excluding carboxylic acids is 2. The fraction of sp³-hybridized carbons (Fsp3) is 0.550. The molecule has 3 heterocycles. The summed E-state index contributed by atoms with van der Waals surface area (Å²) in [6.45, 7) is 5.30. The van der Waals surface area contributed by atoms with Crippen molar-refractivity contribution in [3.63, 3.8) is 0 Å². The molecule has 0 aromatic carbocycles. The summed E-state index contributed by atoms with van der Waals surface area (Å²) in [6.07, 6.45) is 6.30. The van der Waals surface area contributed by atoms with Crippen LogP contribution in [0.2, 0.25) is 0 Å². The van der Waals surface area contributed by atoms with Crippen molar-refractivity contribution in [3.05, 3.63) is 34.8 Å². The van der Waals surface area contributed by atoms with E-state index in [4.69, 9.17) is 4.42 Å². The van der Waals surface area contributed by atoms with E-state index in [-0.39, 0.29) is 17.6 Å². The summed E-state index contributed by atoms with van der Waals surface area (Å²) in [6, 6.07) is 0.417. The molecule has 9 heteroatoms. The second kappa shape index (κ2) is 8.18. The second-order valence-corrected chi connectivity index (χ2v) is 7.63. The summed E-state index contributed by atoms with van der Waals surface area (Å²) in [5.41, 5.74) is 1.71. The van der Waals surface area contributed by atoms with Crippen molar-refractivity contribution in [1.82, 2.24) is 25.2 Å². The molecule has 2 aliphatic rings. The van der Waals surface area contributed by atoms with Crippen LogP contribution in [0, 0.1) is 13.8 Å². The molecule has 29 heavy (non-hydrogen) atoms. The standard InChI is InChI=1S/C20H26N6O3/c1-12-17(29-13(2)23-12)18(27)21-8-7-16-15(19(28)26-9-3-4-10-26)11-22-20(25-16)24-14-5-6-14/h11,14H,3-10H2,1-2H3,(H,21,27)(H,22,24,25). The smallest absolute Gasteiger partial charge is 0.289 e. The third kappa shape index (κ3) is 4.55. The largest absolute Gasteiger partial charge is 0.436 e. The highest BCUT2D eigenvalue weighted by molar-refractivity contribution is 5.95. The van der Waals surface area contributed by atoms with Crippen molar-refractivity contribution < 1.29 is 14.0 Å². The fourth-order valence-electron chi connectivity index (χ4n) is 3.47. The maximum atomic E-state index is 12.9. The summed E-state index contributed by atoms with van der Waals surface area (Å²) >= 11 is 0. The first-order valence-corrected chi connectivity index (χ1v) is 10.1. The SMILES string of the molecule is Cc1nc(C)c(C(=O)NCCc2nc(NC3CC3)ncc2C(=O)N2CCCC2)o1. The van der Waals surface area contributed by atoms with E-state index in [1.807, 2.05) is 4.90 Å². The van der Waals surface area contributed by atoms with Gasteiger partial charge in [0.25, 0.3) is 11.8 Å². The molecule has 1 aliphatic carbocycles. The van der Waals surface area contributed by atoms with Crippen molar-refractivity contribution in [2.45, 2.75) is 52.0 Å². The van der Waals surface area contributed by atoms with Crippen LogP contribution < -0.4 is 10.6 Å². The van der Waals surface area contributed by atoms with E-state index in [0.717, 1.165) is 38.8 Å². The van der Waals surface area contributed by atoms with Gasteiger partial charge in [-0.05, 0) is 32.6 Å². The Balaban J connectivity index is 1.46. The minimum Gasteiger partial charge on any atom is -0.436 e. The summed E-state index contributed by atoms with van der Waals surface area (Å²) in [7, 11) is 0. The monoisotopic (exact) mass is 398 g/mol. The molecule has 4 rings (SSSR count). The van der Waals surface area contributed by atoms with Crippen LogP contribution in [0.25, 0.3) is 0 Å². The fourth-order valence-corrected chi connectivity index (χ4v) is 3.47. The Morgan fingerprint density at radius 2 is 1.97 bits per heavy atom. The normalized spacial score (nSPS) is 16.1. The van der Waals surface area contributed by atoms with E-state index in [1.54, 1.807) is 20.0 Å². The van der Waals surface area contributed by atoms with Crippen LogP contribution in [-0.4, -0.2) is 57.3 Å². The van der Waals surface area contributed by atoms with Gasteiger partial charge in [0.1, 0.15) is 0 Å². The molecule has 2 amide bonds. The summed E-state index contributed by atoms with van der Waals surface area (Å²) < 4.78 is 5.36. The third-order valence-electron chi connectivity index (χ3n) is 5.16. The zero-order valence-electron chi connectivity index (χ0n) is 16.8. The third-order valence-corrected chi connectivity index (χ3v) is 5.16. The van der Waals surface area contributed by atoms with Gasteiger partial charge in [0.05, 0.1) is 17.0 Å². The maximum Gasteiger partial charge on any atom is 0.289 e. The Bertz CT molecular complexity index is 915. The molecule has 0 unspecified atom stereocenters. The second-order valence-electron chi connectivity index (χ2n) is 7.63. The van der Waals surface area contributed by atoms with E-state index in [0.29, 0.717) is 47.8 Å². The van der Waals surface area contributed by atoms with Crippen LogP contribution in [0.15, 0.2) is 10.6 Å². The number of carbonyl (C=O) groups is 2. The number of oxazole rings is 1. The number of rotatable bonds is 7. The highest BCUT2D eigenvalue weighted by atomic mass is 16.4. The lowest BCUT2D eigenvalue weighted by Crippen LogP contribution is -2.31. The first-order valence-electron chi connectivity index (χ1n) is 10.1. The molecule has 2 aromatic heterocycles. The molecule has 2 aromatic rings. The summed E-state index contributed by atoms with van der Waals surface area (Å²) in [5, 5.41) is 6.10. The Hall–Kier alpha value is -2.97. The number of amides is 2. The minimum atomic E-state index is -0.319. The van der Waals surface area contributed by atoms with Gasteiger partial charge in [0.2, 0.25) is 11.7 Å². The topological polar surface area (TPSA) is 113 Å². The summed E-state index contributed by atoms with van der Waals surface area (Å²) in [5.74, 6) is 0.852. The van der Waals surface area contributed by atoms with Gasteiger partial charge in [-0.15, -0.1) is 0 Å². The summed E-state index contributed by atoms with van der Waals surface area (Å²) in [4.78, 5) is 40.1. The molecule has 154 valence electrons. The van der Waals surface area contributed by atoms with Gasteiger partial charge in [-0.25, -0.2) is 15.0 Å². The van der Waals surface area contributed by atoms with Crippen LogP contribution in [-0.2, 0) is 6.42 Å². The number of anilines is 1. The van der Waals surface area contributed by atoms with Gasteiger partial charge in [0, 0.05) is 45.2 Å². The van der Waals surface area contributed by atoms with E-state index in [1.165, 1.54) is 0 Å². The predicted molar refractivity (Wildman–Crippen MR) is 106 cm³/mol. The van der Waals surface area contributed by atoms with Crippen LogP contribution in [0.5, 0.6) is 0 Å². The molecule has 0 spiro atoms. The van der Waals surface area contributed by atoms with Crippen LogP contribution in [0.1, 0.15) is 63.9 Å². The minimum absolute atomic E-state index is 0.0384. The lowest BCUT2D eigenvalue weighted by molar-refractivity contribution is 0.0790. The Morgan fingerprint density at radius 1 is 1.21 bits per heavy atom. The zero-order chi connectivity index (χ0) is 20.4. The lowest BCUT2D eigenvalue weighted by Gasteiger charge is -2.17. The molecule has 9 nitrogen and oxygen atoms in total. The molecule has 1 saturated heterocycles. The van der Waals surface area contributed by atoms with Gasteiger partial charge < -0.3 is 20.0 Å². The number of likely N-dealkylation sites (tertiary alicyclic amines) is 1. The van der Waals surface area contributed by atoms with Crippen molar-refractivity contribution in [3.8, 4) is 0 Å². The molecular weight excluding hydrogens is 372 g/mol. The average molecular weight is 398 g/mol.